The van der Waals surface area contributed by atoms with E-state index < -0.39 is 11.9 Å². The van der Waals surface area contributed by atoms with Crippen LogP contribution in [-0.4, -0.2) is 36.7 Å². The van der Waals surface area contributed by atoms with Gasteiger partial charge < -0.3 is 14.7 Å². The van der Waals surface area contributed by atoms with Crippen molar-refractivity contribution in [3.8, 4) is 0 Å². The number of para-hydroxylation sites is 1. The molecular weight excluding hydrogens is 330 g/mol. The molecule has 136 valence electrons. The first-order chi connectivity index (χ1) is 12.7. The monoisotopic (exact) mass is 353 g/mol. The van der Waals surface area contributed by atoms with Crippen LogP contribution >= 0.6 is 0 Å². The van der Waals surface area contributed by atoms with Crippen LogP contribution in [0.4, 0.5) is 5.69 Å². The summed E-state index contributed by atoms with van der Waals surface area (Å²) in [5.74, 6) is -1.58. The number of ether oxygens (including phenoxy) is 1. The number of carboxylic acids is 1. The van der Waals surface area contributed by atoms with Gasteiger partial charge >= 0.3 is 5.97 Å². The number of amides is 1. The molecule has 0 saturated carbocycles. The first kappa shape index (κ1) is 18.1. The van der Waals surface area contributed by atoms with E-state index in [1.165, 1.54) is 5.56 Å². The van der Waals surface area contributed by atoms with Gasteiger partial charge in [-0.05, 0) is 30.0 Å². The summed E-state index contributed by atoms with van der Waals surface area (Å²) in [7, 11) is 0. The molecule has 0 spiro atoms. The van der Waals surface area contributed by atoms with Crippen LogP contribution in [-0.2, 0) is 20.7 Å². The Kier molecular flexibility index (Phi) is 6.02. The molecule has 0 radical (unpaired) electrons. The molecule has 5 nitrogen and oxygen atoms in total. The molecule has 1 amide bonds. The summed E-state index contributed by atoms with van der Waals surface area (Å²) in [6.45, 7) is 1.37. The minimum Gasteiger partial charge on any atom is -0.481 e. The molecule has 0 aliphatic carbocycles. The third kappa shape index (κ3) is 4.29. The van der Waals surface area contributed by atoms with E-state index in [1.807, 2.05) is 36.4 Å². The van der Waals surface area contributed by atoms with E-state index in [2.05, 4.69) is 12.1 Å². The first-order valence-corrected chi connectivity index (χ1v) is 8.90. The summed E-state index contributed by atoms with van der Waals surface area (Å²) in [6, 6.07) is 17.4. The Morgan fingerprint density at radius 1 is 1.04 bits per heavy atom. The van der Waals surface area contributed by atoms with Crippen LogP contribution in [0.3, 0.4) is 0 Å². The van der Waals surface area contributed by atoms with E-state index in [9.17, 15) is 14.7 Å². The lowest BCUT2D eigenvalue weighted by Crippen LogP contribution is -2.31. The number of carbonyl (C=O) groups excluding carboxylic acids is 1. The van der Waals surface area contributed by atoms with Gasteiger partial charge in [-0.3, -0.25) is 9.59 Å². The standard InChI is InChI=1S/C21H23NO4/c23-20(11-6-13-26-14-12-16-7-2-1-3-8-16)22-15-18(21(24)25)17-9-4-5-10-19(17)22/h1-5,7-10,18H,6,11-15H2,(H,24,25). The lowest BCUT2D eigenvalue weighted by Gasteiger charge is -2.17. The van der Waals surface area contributed by atoms with Crippen molar-refractivity contribution in [2.75, 3.05) is 24.7 Å². The second-order valence-electron chi connectivity index (χ2n) is 6.41. The predicted octanol–water partition coefficient (Wildman–Crippen LogP) is 3.24. The van der Waals surface area contributed by atoms with E-state index >= 15 is 0 Å². The zero-order valence-corrected chi connectivity index (χ0v) is 14.6. The Morgan fingerprint density at radius 2 is 1.77 bits per heavy atom. The third-order valence-corrected chi connectivity index (χ3v) is 4.62. The number of carboxylic acid groups (broad SMARTS) is 1. The maximum atomic E-state index is 12.5. The Hall–Kier alpha value is -2.66. The number of anilines is 1. The van der Waals surface area contributed by atoms with Crippen molar-refractivity contribution < 1.29 is 19.4 Å². The molecule has 1 aliphatic rings. The molecule has 1 atom stereocenters. The van der Waals surface area contributed by atoms with Gasteiger partial charge in [-0.15, -0.1) is 0 Å². The molecule has 0 saturated heterocycles. The third-order valence-electron chi connectivity index (χ3n) is 4.62. The van der Waals surface area contributed by atoms with E-state index in [0.29, 0.717) is 31.6 Å². The highest BCUT2D eigenvalue weighted by atomic mass is 16.5. The van der Waals surface area contributed by atoms with Gasteiger partial charge in [-0.2, -0.15) is 0 Å². The van der Waals surface area contributed by atoms with Crippen LogP contribution in [0.5, 0.6) is 0 Å². The number of fused-ring (bicyclic) bond motifs is 1. The van der Waals surface area contributed by atoms with Crippen molar-refractivity contribution in [3.05, 3.63) is 65.7 Å². The fraction of sp³-hybridized carbons (Fsp3) is 0.333. The highest BCUT2D eigenvalue weighted by molar-refractivity contribution is 5.98. The summed E-state index contributed by atoms with van der Waals surface area (Å²) in [4.78, 5) is 25.5. The van der Waals surface area contributed by atoms with Crippen molar-refractivity contribution in [1.29, 1.82) is 0 Å². The first-order valence-electron chi connectivity index (χ1n) is 8.90. The van der Waals surface area contributed by atoms with E-state index in [1.54, 1.807) is 11.0 Å². The average molecular weight is 353 g/mol. The zero-order chi connectivity index (χ0) is 18.4. The number of hydrogen-bond acceptors (Lipinski definition) is 3. The Morgan fingerprint density at radius 3 is 2.54 bits per heavy atom. The Balaban J connectivity index is 1.43. The van der Waals surface area contributed by atoms with Crippen molar-refractivity contribution in [2.24, 2.45) is 0 Å². The largest absolute Gasteiger partial charge is 0.481 e. The van der Waals surface area contributed by atoms with Gasteiger partial charge in [0.2, 0.25) is 5.91 Å². The molecule has 2 aromatic carbocycles. The zero-order valence-electron chi connectivity index (χ0n) is 14.6. The number of hydrogen-bond donors (Lipinski definition) is 1. The van der Waals surface area contributed by atoms with Crippen molar-refractivity contribution in [3.63, 3.8) is 0 Å². The molecule has 5 heteroatoms. The van der Waals surface area contributed by atoms with Crippen molar-refractivity contribution >= 4 is 17.6 Å². The number of aliphatic carboxylic acids is 1. The molecule has 1 aliphatic heterocycles. The maximum absolute atomic E-state index is 12.5. The normalized spacial score (nSPS) is 15.7. The Bertz CT molecular complexity index is 760. The maximum Gasteiger partial charge on any atom is 0.312 e. The second kappa shape index (κ2) is 8.63. The lowest BCUT2D eigenvalue weighted by atomic mass is 10.0. The minimum atomic E-state index is -0.892. The van der Waals surface area contributed by atoms with Gasteiger partial charge in [-0.25, -0.2) is 0 Å². The fourth-order valence-corrected chi connectivity index (χ4v) is 3.25. The fourth-order valence-electron chi connectivity index (χ4n) is 3.25. The van der Waals surface area contributed by atoms with Crippen LogP contribution in [0.1, 0.15) is 29.9 Å². The molecule has 1 N–H and O–H groups in total. The Labute approximate surface area is 153 Å². The number of carbonyl (C=O) groups is 2. The topological polar surface area (TPSA) is 66.8 Å². The second-order valence-corrected chi connectivity index (χ2v) is 6.41. The molecule has 0 aromatic heterocycles. The minimum absolute atomic E-state index is 0.0483. The van der Waals surface area contributed by atoms with Gasteiger partial charge in [0.15, 0.2) is 0 Å². The highest BCUT2D eigenvalue weighted by Crippen LogP contribution is 2.36. The number of rotatable bonds is 8. The number of benzene rings is 2. The van der Waals surface area contributed by atoms with Gasteiger partial charge in [0.25, 0.3) is 0 Å². The SMILES string of the molecule is O=C(O)C1CN(C(=O)CCCOCCc2ccccc2)c2ccccc21. The quantitative estimate of drug-likeness (QED) is 0.740. The van der Waals surface area contributed by atoms with Crippen LogP contribution < -0.4 is 4.90 Å². The van der Waals surface area contributed by atoms with Crippen molar-refractivity contribution in [1.82, 2.24) is 0 Å². The molecule has 0 fully saturated rings. The predicted molar refractivity (Wildman–Crippen MR) is 99.4 cm³/mol. The molecule has 1 heterocycles. The van der Waals surface area contributed by atoms with Crippen LogP contribution in [0, 0.1) is 0 Å². The summed E-state index contributed by atoms with van der Waals surface area (Å²) in [5.41, 5.74) is 2.67. The molecule has 0 bridgehead atoms. The molecular formula is C21H23NO4. The number of nitrogens with zero attached hydrogens (tertiary/aromatic N) is 1. The van der Waals surface area contributed by atoms with Crippen LogP contribution in [0.15, 0.2) is 54.6 Å². The average Bonchev–Trinajstić information content (AvgIpc) is 3.05. The summed E-state index contributed by atoms with van der Waals surface area (Å²) in [5, 5.41) is 9.37. The van der Waals surface area contributed by atoms with E-state index in [4.69, 9.17) is 4.74 Å². The van der Waals surface area contributed by atoms with Gasteiger partial charge in [-0.1, -0.05) is 48.5 Å². The van der Waals surface area contributed by atoms with E-state index in [-0.39, 0.29) is 12.5 Å². The van der Waals surface area contributed by atoms with Gasteiger partial charge in [0.1, 0.15) is 5.92 Å². The molecule has 2 aromatic rings. The highest BCUT2D eigenvalue weighted by Gasteiger charge is 2.35. The van der Waals surface area contributed by atoms with Crippen molar-refractivity contribution in [2.45, 2.75) is 25.2 Å². The van der Waals surface area contributed by atoms with Gasteiger partial charge in [0, 0.05) is 25.3 Å². The summed E-state index contributed by atoms with van der Waals surface area (Å²) >= 11 is 0. The van der Waals surface area contributed by atoms with Crippen LogP contribution in [0.25, 0.3) is 0 Å². The molecule has 3 rings (SSSR count). The summed E-state index contributed by atoms with van der Waals surface area (Å²) < 4.78 is 5.61. The van der Waals surface area contributed by atoms with E-state index in [0.717, 1.165) is 12.1 Å². The van der Waals surface area contributed by atoms with Crippen LogP contribution in [0.2, 0.25) is 0 Å². The van der Waals surface area contributed by atoms with Gasteiger partial charge in [0.05, 0.1) is 6.61 Å². The molecule has 1 unspecified atom stereocenters. The smallest absolute Gasteiger partial charge is 0.312 e. The lowest BCUT2D eigenvalue weighted by molar-refractivity contribution is -0.138. The summed E-state index contributed by atoms with van der Waals surface area (Å²) in [6.07, 6.45) is 1.84. The molecule has 26 heavy (non-hydrogen) atoms.